The van der Waals surface area contributed by atoms with Crippen LogP contribution in [0.3, 0.4) is 0 Å². The van der Waals surface area contributed by atoms with Crippen LogP contribution < -0.4 is 4.90 Å². The number of hydrogen-bond acceptors (Lipinski definition) is 7. The topological polar surface area (TPSA) is 119 Å². The van der Waals surface area contributed by atoms with Crippen molar-refractivity contribution in [1.29, 1.82) is 0 Å². The number of likely N-dealkylation sites (N-methyl/N-ethyl adjacent to an activating group) is 1. The molecule has 0 radical (unpaired) electrons. The minimum atomic E-state index is -5.08. The van der Waals surface area contributed by atoms with Crippen LogP contribution in [0.2, 0.25) is 0 Å². The highest BCUT2D eigenvalue weighted by molar-refractivity contribution is 5.97. The fourth-order valence-corrected chi connectivity index (χ4v) is 4.98. The molecule has 1 saturated heterocycles. The minimum absolute atomic E-state index is 0.0534. The van der Waals surface area contributed by atoms with Crippen LogP contribution in [0.15, 0.2) is 71.3 Å². The first-order valence-corrected chi connectivity index (χ1v) is 15.2. The summed E-state index contributed by atoms with van der Waals surface area (Å²) in [6, 6.07) is 18.9. The van der Waals surface area contributed by atoms with Crippen molar-refractivity contribution in [1.82, 2.24) is 19.9 Å². The van der Waals surface area contributed by atoms with Crippen molar-refractivity contribution in [2.24, 2.45) is 0 Å². The summed E-state index contributed by atoms with van der Waals surface area (Å²) in [6.45, 7) is 8.26. The predicted octanol–water partition coefficient (Wildman–Crippen LogP) is 7.03. The van der Waals surface area contributed by atoms with Gasteiger partial charge in [-0.3, -0.25) is 0 Å². The van der Waals surface area contributed by atoms with Crippen molar-refractivity contribution in [2.45, 2.75) is 32.9 Å². The van der Waals surface area contributed by atoms with Gasteiger partial charge in [0.25, 0.3) is 0 Å². The maximum Gasteiger partial charge on any atom is 0.490 e. The van der Waals surface area contributed by atoms with Gasteiger partial charge in [0, 0.05) is 73.3 Å². The predicted molar refractivity (Wildman–Crippen MR) is 173 cm³/mol. The number of oxazole rings is 1. The van der Waals surface area contributed by atoms with E-state index < -0.39 is 12.1 Å². The summed E-state index contributed by atoms with van der Waals surface area (Å²) in [4.78, 5) is 26.4. The molecule has 4 heterocycles. The molecule has 1 aliphatic heterocycles. The lowest BCUT2D eigenvalue weighted by Gasteiger charge is -2.34. The number of pyridine rings is 1. The van der Waals surface area contributed by atoms with E-state index in [0.29, 0.717) is 30.2 Å². The number of nitrogens with one attached hydrogen (secondary N) is 1. The number of hydrogen-bond donors (Lipinski definition) is 3. The Bertz CT molecular complexity index is 1740. The number of piperazine rings is 1. The summed E-state index contributed by atoms with van der Waals surface area (Å²) in [5.74, 6) is -1.92. The smallest absolute Gasteiger partial charge is 0.475 e. The number of halogens is 4. The van der Waals surface area contributed by atoms with Crippen molar-refractivity contribution in [3.8, 4) is 33.8 Å². The second-order valence-corrected chi connectivity index (χ2v) is 10.6. The van der Waals surface area contributed by atoms with Gasteiger partial charge in [0.2, 0.25) is 0 Å². The number of aliphatic carboxylic acids is 1. The molecule has 3 aromatic heterocycles. The summed E-state index contributed by atoms with van der Waals surface area (Å²) in [6.07, 6.45) is -2.28. The van der Waals surface area contributed by atoms with Gasteiger partial charge in [-0.2, -0.15) is 13.2 Å². The zero-order chi connectivity index (χ0) is 34.1. The van der Waals surface area contributed by atoms with Crippen LogP contribution in [0.4, 0.5) is 23.2 Å². The fraction of sp³-hybridized carbons (Fsp3) is 0.324. The van der Waals surface area contributed by atoms with Crippen molar-refractivity contribution >= 4 is 22.7 Å². The first-order valence-electron chi connectivity index (χ1n) is 15.2. The summed E-state index contributed by atoms with van der Waals surface area (Å²) in [5, 5.41) is 17.3. The van der Waals surface area contributed by atoms with E-state index in [2.05, 4.69) is 57.1 Å². The van der Waals surface area contributed by atoms with Crippen LogP contribution in [-0.2, 0) is 11.2 Å². The molecule has 0 spiro atoms. The van der Waals surface area contributed by atoms with E-state index in [9.17, 15) is 22.7 Å². The summed E-state index contributed by atoms with van der Waals surface area (Å²) in [5.41, 5.74) is 6.29. The Morgan fingerprint density at radius 2 is 1.60 bits per heavy atom. The number of aromatic amines is 1. The molecule has 0 unspecified atom stereocenters. The molecule has 0 bridgehead atoms. The normalized spacial score (nSPS) is 13.5. The van der Waals surface area contributed by atoms with E-state index >= 15 is 0 Å². The highest BCUT2D eigenvalue weighted by Crippen LogP contribution is 2.38. The molecular formula is C34H37F4N5O4. The van der Waals surface area contributed by atoms with Gasteiger partial charge in [-0.05, 0) is 67.6 Å². The zero-order valence-electron chi connectivity index (χ0n) is 26.3. The maximum atomic E-state index is 13.6. The molecule has 6 rings (SSSR count). The second kappa shape index (κ2) is 15.7. The molecular weight excluding hydrogens is 618 g/mol. The molecule has 3 N–H and O–H groups in total. The van der Waals surface area contributed by atoms with Gasteiger partial charge in [-0.15, -0.1) is 0 Å². The van der Waals surface area contributed by atoms with Crippen LogP contribution in [0.25, 0.3) is 44.9 Å². The molecule has 250 valence electrons. The van der Waals surface area contributed by atoms with Crippen LogP contribution in [0.5, 0.6) is 0 Å². The quantitative estimate of drug-likeness (QED) is 0.160. The zero-order valence-corrected chi connectivity index (χ0v) is 26.3. The van der Waals surface area contributed by atoms with Gasteiger partial charge >= 0.3 is 12.1 Å². The van der Waals surface area contributed by atoms with Gasteiger partial charge in [-0.1, -0.05) is 26.0 Å². The Morgan fingerprint density at radius 1 is 0.979 bits per heavy atom. The maximum absolute atomic E-state index is 13.6. The molecule has 0 amide bonds. The Balaban J connectivity index is 0.000000495. The fourth-order valence-electron chi connectivity index (χ4n) is 4.98. The standard InChI is InChI=1S/C30H30FN5O2.C2HF3O2.C2H6/c1-35-14-16-36(17-15-35)23-10-6-20(7-11-23)26-19-25-24(12-13-32-30(25)33-26)29-28(21-4-8-22(31)9-5-21)34-27(38-29)3-2-18-37;3-2(4,5)1(6)7;1-2/h4-13,19,37H,2-3,14-18H2,1H3,(H,32,33);(H,6,7);1-2H3. The van der Waals surface area contributed by atoms with Gasteiger partial charge in [-0.25, -0.2) is 19.2 Å². The van der Waals surface area contributed by atoms with Gasteiger partial charge in [0.05, 0.1) is 0 Å². The number of anilines is 1. The number of rotatable bonds is 7. The Labute approximate surface area is 269 Å². The highest BCUT2D eigenvalue weighted by atomic mass is 19.4. The first-order chi connectivity index (χ1) is 22.5. The molecule has 0 aliphatic carbocycles. The lowest BCUT2D eigenvalue weighted by atomic mass is 10.0. The van der Waals surface area contributed by atoms with Gasteiger partial charge < -0.3 is 29.4 Å². The average Bonchev–Trinajstić information content (AvgIpc) is 3.70. The number of aliphatic hydroxyl groups is 1. The number of aryl methyl sites for hydroxylation is 1. The third-order valence-corrected chi connectivity index (χ3v) is 7.40. The Kier molecular flexibility index (Phi) is 11.7. The first kappa shape index (κ1) is 35.1. The molecule has 13 heteroatoms. The monoisotopic (exact) mass is 655 g/mol. The minimum Gasteiger partial charge on any atom is -0.475 e. The van der Waals surface area contributed by atoms with Crippen LogP contribution in [0.1, 0.15) is 26.2 Å². The van der Waals surface area contributed by atoms with Crippen LogP contribution >= 0.6 is 0 Å². The molecule has 9 nitrogen and oxygen atoms in total. The third-order valence-electron chi connectivity index (χ3n) is 7.40. The van der Waals surface area contributed by atoms with Crippen molar-refractivity contribution in [2.75, 3.05) is 44.7 Å². The Morgan fingerprint density at radius 3 is 2.19 bits per heavy atom. The third kappa shape index (κ3) is 8.74. The molecule has 1 aliphatic rings. The number of carboxylic acid groups (broad SMARTS) is 1. The van der Waals surface area contributed by atoms with Crippen molar-refractivity contribution in [3.63, 3.8) is 0 Å². The largest absolute Gasteiger partial charge is 0.490 e. The summed E-state index contributed by atoms with van der Waals surface area (Å²) >= 11 is 0. The molecule has 5 aromatic rings. The highest BCUT2D eigenvalue weighted by Gasteiger charge is 2.38. The number of carboxylic acids is 1. The number of aliphatic hydroxyl groups excluding tert-OH is 1. The molecule has 1 fully saturated rings. The number of fused-ring (bicyclic) bond motifs is 1. The van der Waals surface area contributed by atoms with Crippen molar-refractivity contribution < 1.29 is 37.0 Å². The number of H-pyrrole nitrogens is 1. The summed E-state index contributed by atoms with van der Waals surface area (Å²) in [7, 11) is 2.16. The van der Waals surface area contributed by atoms with E-state index in [1.54, 1.807) is 18.3 Å². The van der Waals surface area contributed by atoms with E-state index in [1.165, 1.54) is 17.8 Å². The van der Waals surface area contributed by atoms with Crippen LogP contribution in [-0.4, -0.2) is 82.0 Å². The molecule has 2 aromatic carbocycles. The number of benzene rings is 2. The SMILES string of the molecule is CC.CN1CCN(c2ccc(-c3cc4c(-c5oc(CCCO)nc5-c5ccc(F)cc5)ccnc4[nH]3)cc2)CC1.O=C(O)C(F)(F)F. The van der Waals surface area contributed by atoms with Crippen molar-refractivity contribution in [3.05, 3.63) is 78.6 Å². The second-order valence-electron chi connectivity index (χ2n) is 10.6. The average molecular weight is 656 g/mol. The van der Waals surface area contributed by atoms with Gasteiger partial charge in [0.1, 0.15) is 17.2 Å². The van der Waals surface area contributed by atoms with Crippen LogP contribution in [0, 0.1) is 5.82 Å². The number of nitrogens with zero attached hydrogens (tertiary/aromatic N) is 4. The van der Waals surface area contributed by atoms with E-state index in [-0.39, 0.29) is 12.4 Å². The molecule has 0 atom stereocenters. The van der Waals surface area contributed by atoms with Gasteiger partial charge in [0.15, 0.2) is 11.7 Å². The van der Waals surface area contributed by atoms with E-state index in [4.69, 9.17) is 19.3 Å². The lowest BCUT2D eigenvalue weighted by molar-refractivity contribution is -0.192. The van der Waals surface area contributed by atoms with E-state index in [0.717, 1.165) is 59.6 Å². The molecule has 0 saturated carbocycles. The summed E-state index contributed by atoms with van der Waals surface area (Å²) < 4.78 is 51.6. The lowest BCUT2D eigenvalue weighted by Crippen LogP contribution is -2.44. The number of alkyl halides is 3. The van der Waals surface area contributed by atoms with E-state index in [1.807, 2.05) is 19.9 Å². The number of carbonyl (C=O) groups is 1. The molecule has 47 heavy (non-hydrogen) atoms. The Hall–Kier alpha value is -4.75. The number of aromatic nitrogens is 3.